The maximum absolute atomic E-state index is 11.9. The molecule has 0 aliphatic rings. The van der Waals surface area contributed by atoms with Crippen LogP contribution in [-0.2, 0) is 16.1 Å². The Morgan fingerprint density at radius 2 is 1.90 bits per heavy atom. The maximum atomic E-state index is 11.9. The van der Waals surface area contributed by atoms with Crippen molar-refractivity contribution in [2.45, 2.75) is 43.5 Å². The van der Waals surface area contributed by atoms with Gasteiger partial charge in [0.2, 0.25) is 5.91 Å². The summed E-state index contributed by atoms with van der Waals surface area (Å²) >= 11 is 1.57. The first kappa shape index (κ1) is 18.0. The quantitative estimate of drug-likeness (QED) is 0.543. The van der Waals surface area contributed by atoms with Gasteiger partial charge in [0, 0.05) is 31.1 Å². The van der Waals surface area contributed by atoms with Gasteiger partial charge in [-0.2, -0.15) is 0 Å². The third-order valence-corrected chi connectivity index (χ3v) is 4.04. The van der Waals surface area contributed by atoms with E-state index in [1.807, 2.05) is 6.92 Å². The fourth-order valence-corrected chi connectivity index (χ4v) is 2.58. The second-order valence-electron chi connectivity index (χ2n) is 5.22. The fraction of sp³-hybridized carbons (Fsp3) is 0.562. The third-order valence-electron chi connectivity index (χ3n) is 2.93. The molecule has 0 heterocycles. The van der Waals surface area contributed by atoms with E-state index in [1.54, 1.807) is 18.9 Å². The largest absolute Gasteiger partial charge is 0.383 e. The molecule has 0 bridgehead atoms. The first-order chi connectivity index (χ1) is 10.0. The number of thioether (sulfide) groups is 1. The average Bonchev–Trinajstić information content (AvgIpc) is 2.46. The van der Waals surface area contributed by atoms with Gasteiger partial charge in [-0.3, -0.25) is 4.79 Å². The van der Waals surface area contributed by atoms with Crippen LogP contribution in [0.25, 0.3) is 0 Å². The van der Waals surface area contributed by atoms with Crippen LogP contribution in [0.4, 0.5) is 0 Å². The predicted octanol–water partition coefficient (Wildman–Crippen LogP) is 2.43. The molecular weight excluding hydrogens is 284 g/mol. The molecule has 1 amide bonds. The molecule has 1 unspecified atom stereocenters. The Kier molecular flexibility index (Phi) is 8.42. The molecule has 1 aromatic carbocycles. The van der Waals surface area contributed by atoms with Crippen LogP contribution >= 0.6 is 11.8 Å². The first-order valence-electron chi connectivity index (χ1n) is 7.28. The van der Waals surface area contributed by atoms with E-state index in [0.717, 1.165) is 11.4 Å². The summed E-state index contributed by atoms with van der Waals surface area (Å²) < 4.78 is 4.92. The number of benzene rings is 1. The number of ether oxygens (including phenoxy) is 1. The Balaban J connectivity index is 2.41. The van der Waals surface area contributed by atoms with E-state index in [9.17, 15) is 4.79 Å². The standard InChI is InChI=1S/C16H26N2O2S/c1-12(2)18-11-14-5-7-15(8-6-14)21-13(3)16(19)17-9-10-20-4/h5-8,12-13,18H,9-11H2,1-4H3,(H,17,19). The molecule has 2 N–H and O–H groups in total. The van der Waals surface area contributed by atoms with Crippen molar-refractivity contribution < 1.29 is 9.53 Å². The molecule has 0 aromatic heterocycles. The van der Waals surface area contributed by atoms with Crippen LogP contribution in [0.5, 0.6) is 0 Å². The van der Waals surface area contributed by atoms with Crippen molar-refractivity contribution in [3.05, 3.63) is 29.8 Å². The van der Waals surface area contributed by atoms with Gasteiger partial charge < -0.3 is 15.4 Å². The molecule has 0 fully saturated rings. The molecule has 1 atom stereocenters. The van der Waals surface area contributed by atoms with Gasteiger partial charge in [0.1, 0.15) is 0 Å². The van der Waals surface area contributed by atoms with E-state index in [2.05, 4.69) is 48.7 Å². The van der Waals surface area contributed by atoms with Gasteiger partial charge in [-0.15, -0.1) is 11.8 Å². The van der Waals surface area contributed by atoms with Gasteiger partial charge in [-0.05, 0) is 24.6 Å². The second-order valence-corrected chi connectivity index (χ2v) is 6.64. The van der Waals surface area contributed by atoms with Crippen molar-refractivity contribution in [1.82, 2.24) is 10.6 Å². The van der Waals surface area contributed by atoms with Crippen molar-refractivity contribution >= 4 is 17.7 Å². The molecule has 21 heavy (non-hydrogen) atoms. The molecule has 1 aromatic rings. The van der Waals surface area contributed by atoms with Gasteiger partial charge in [-0.1, -0.05) is 26.0 Å². The van der Waals surface area contributed by atoms with E-state index in [4.69, 9.17) is 4.74 Å². The third kappa shape index (κ3) is 7.50. The second kappa shape index (κ2) is 9.82. The maximum Gasteiger partial charge on any atom is 0.233 e. The number of methoxy groups -OCH3 is 1. The van der Waals surface area contributed by atoms with Crippen LogP contribution < -0.4 is 10.6 Å². The van der Waals surface area contributed by atoms with Crippen LogP contribution in [0.2, 0.25) is 0 Å². The van der Waals surface area contributed by atoms with Crippen molar-refractivity contribution in [3.8, 4) is 0 Å². The van der Waals surface area contributed by atoms with Gasteiger partial charge in [0.05, 0.1) is 11.9 Å². The summed E-state index contributed by atoms with van der Waals surface area (Å²) in [6.45, 7) is 8.15. The molecule has 118 valence electrons. The zero-order chi connectivity index (χ0) is 15.7. The number of amides is 1. The lowest BCUT2D eigenvalue weighted by Gasteiger charge is -2.12. The molecule has 0 radical (unpaired) electrons. The summed E-state index contributed by atoms with van der Waals surface area (Å²) in [7, 11) is 1.63. The number of carbonyl (C=O) groups excluding carboxylic acids is 1. The summed E-state index contributed by atoms with van der Waals surface area (Å²) in [5.41, 5.74) is 1.25. The zero-order valence-electron chi connectivity index (χ0n) is 13.3. The Bertz CT molecular complexity index is 421. The minimum Gasteiger partial charge on any atom is -0.383 e. The molecule has 0 aliphatic heterocycles. The van der Waals surface area contributed by atoms with Crippen LogP contribution in [-0.4, -0.2) is 37.5 Å². The van der Waals surface area contributed by atoms with Crippen molar-refractivity contribution in [2.75, 3.05) is 20.3 Å². The molecule has 0 saturated heterocycles. The monoisotopic (exact) mass is 310 g/mol. The zero-order valence-corrected chi connectivity index (χ0v) is 14.1. The summed E-state index contributed by atoms with van der Waals surface area (Å²) in [6, 6.07) is 8.83. The lowest BCUT2D eigenvalue weighted by molar-refractivity contribution is -0.120. The normalized spacial score (nSPS) is 12.4. The highest BCUT2D eigenvalue weighted by Gasteiger charge is 2.13. The fourth-order valence-electron chi connectivity index (χ4n) is 1.69. The predicted molar refractivity (Wildman–Crippen MR) is 88.6 cm³/mol. The van der Waals surface area contributed by atoms with Crippen LogP contribution in [0.1, 0.15) is 26.3 Å². The molecule has 4 nitrogen and oxygen atoms in total. The van der Waals surface area contributed by atoms with Crippen LogP contribution in [0, 0.1) is 0 Å². The van der Waals surface area contributed by atoms with E-state index in [0.29, 0.717) is 19.2 Å². The van der Waals surface area contributed by atoms with Gasteiger partial charge in [0.15, 0.2) is 0 Å². The lowest BCUT2D eigenvalue weighted by Crippen LogP contribution is -2.33. The van der Waals surface area contributed by atoms with E-state index >= 15 is 0 Å². The molecule has 1 rings (SSSR count). The Labute approximate surface area is 132 Å². The Morgan fingerprint density at radius 1 is 1.24 bits per heavy atom. The molecule has 0 spiro atoms. The smallest absolute Gasteiger partial charge is 0.233 e. The summed E-state index contributed by atoms with van der Waals surface area (Å²) in [4.78, 5) is 13.0. The topological polar surface area (TPSA) is 50.4 Å². The molecule has 0 aliphatic carbocycles. The summed E-state index contributed by atoms with van der Waals surface area (Å²) in [6.07, 6.45) is 0. The first-order valence-corrected chi connectivity index (χ1v) is 8.16. The van der Waals surface area contributed by atoms with Gasteiger partial charge in [-0.25, -0.2) is 0 Å². The van der Waals surface area contributed by atoms with E-state index < -0.39 is 0 Å². The number of nitrogens with one attached hydrogen (secondary N) is 2. The number of rotatable bonds is 9. The van der Waals surface area contributed by atoms with Crippen molar-refractivity contribution in [1.29, 1.82) is 0 Å². The van der Waals surface area contributed by atoms with E-state index in [-0.39, 0.29) is 11.2 Å². The highest BCUT2D eigenvalue weighted by atomic mass is 32.2. The highest BCUT2D eigenvalue weighted by molar-refractivity contribution is 8.00. The minimum absolute atomic E-state index is 0.0441. The number of carbonyl (C=O) groups is 1. The molecule has 5 heteroatoms. The molecule has 0 saturated carbocycles. The summed E-state index contributed by atoms with van der Waals surface area (Å²) in [5.74, 6) is 0.0441. The SMILES string of the molecule is COCCNC(=O)C(C)Sc1ccc(CNC(C)C)cc1. The van der Waals surface area contributed by atoms with Crippen molar-refractivity contribution in [2.24, 2.45) is 0 Å². The minimum atomic E-state index is -0.110. The lowest BCUT2D eigenvalue weighted by atomic mass is 10.2. The Hall–Kier alpha value is -1.04. The average molecular weight is 310 g/mol. The molecular formula is C16H26N2O2S. The van der Waals surface area contributed by atoms with E-state index in [1.165, 1.54) is 5.56 Å². The number of hydrogen-bond acceptors (Lipinski definition) is 4. The number of hydrogen-bond donors (Lipinski definition) is 2. The van der Waals surface area contributed by atoms with Gasteiger partial charge >= 0.3 is 0 Å². The Morgan fingerprint density at radius 3 is 2.48 bits per heavy atom. The van der Waals surface area contributed by atoms with Crippen molar-refractivity contribution in [3.63, 3.8) is 0 Å². The van der Waals surface area contributed by atoms with Crippen LogP contribution in [0.3, 0.4) is 0 Å². The van der Waals surface area contributed by atoms with Crippen LogP contribution in [0.15, 0.2) is 29.2 Å². The summed E-state index contributed by atoms with van der Waals surface area (Å²) in [5, 5.41) is 6.13. The van der Waals surface area contributed by atoms with Gasteiger partial charge in [0.25, 0.3) is 0 Å². The highest BCUT2D eigenvalue weighted by Crippen LogP contribution is 2.23.